The van der Waals surface area contributed by atoms with Crippen LogP contribution in [-0.4, -0.2) is 17.1 Å². The van der Waals surface area contributed by atoms with Gasteiger partial charge in [0.2, 0.25) is 0 Å². The van der Waals surface area contributed by atoms with E-state index in [0.717, 1.165) is 12.8 Å². The van der Waals surface area contributed by atoms with Crippen molar-refractivity contribution in [1.82, 2.24) is 0 Å². The highest BCUT2D eigenvalue weighted by Crippen LogP contribution is 2.48. The molecule has 0 heterocycles. The second kappa shape index (κ2) is 3.66. The third-order valence-corrected chi connectivity index (χ3v) is 3.34. The van der Waals surface area contributed by atoms with E-state index in [1.54, 1.807) is 0 Å². The molecule has 3 N–H and O–H groups in total. The maximum atomic E-state index is 11.1. The first-order valence-corrected chi connectivity index (χ1v) is 5.02. The fraction of sp³-hybridized carbons (Fsp3) is 0.900. The Bertz CT molecular complexity index is 197. The molecule has 0 aliphatic heterocycles. The third kappa shape index (κ3) is 1.70. The Labute approximate surface area is 79.3 Å². The first-order chi connectivity index (χ1) is 6.03. The number of rotatable bonds is 4. The van der Waals surface area contributed by atoms with Crippen LogP contribution < -0.4 is 5.73 Å². The Kier molecular flexibility index (Phi) is 2.96. The molecular weight excluding hydrogens is 166 g/mol. The summed E-state index contributed by atoms with van der Waals surface area (Å²) in [5, 5.41) is 9.14. The van der Waals surface area contributed by atoms with E-state index < -0.39 is 11.4 Å². The van der Waals surface area contributed by atoms with Crippen LogP contribution in [0.2, 0.25) is 0 Å². The topological polar surface area (TPSA) is 63.3 Å². The first-order valence-electron chi connectivity index (χ1n) is 5.02. The molecule has 0 amide bonds. The van der Waals surface area contributed by atoms with Crippen LogP contribution in [0.15, 0.2) is 0 Å². The Balaban J connectivity index is 2.64. The van der Waals surface area contributed by atoms with Gasteiger partial charge in [-0.15, -0.1) is 0 Å². The first kappa shape index (κ1) is 10.5. The number of carbonyl (C=O) groups is 1. The van der Waals surface area contributed by atoms with Crippen molar-refractivity contribution in [2.45, 2.75) is 45.6 Å². The number of nitrogens with two attached hydrogens (primary N) is 1. The smallest absolute Gasteiger partial charge is 0.310 e. The van der Waals surface area contributed by atoms with E-state index in [1.807, 2.05) is 6.92 Å². The van der Waals surface area contributed by atoms with Crippen molar-refractivity contribution in [3.8, 4) is 0 Å². The van der Waals surface area contributed by atoms with E-state index in [4.69, 9.17) is 10.8 Å². The van der Waals surface area contributed by atoms with Crippen LogP contribution in [0, 0.1) is 11.3 Å². The van der Waals surface area contributed by atoms with Gasteiger partial charge in [-0.3, -0.25) is 4.79 Å². The third-order valence-electron chi connectivity index (χ3n) is 3.34. The average Bonchev–Trinajstić information content (AvgIpc) is 1.98. The Morgan fingerprint density at radius 1 is 1.69 bits per heavy atom. The molecule has 1 saturated carbocycles. The van der Waals surface area contributed by atoms with E-state index in [0.29, 0.717) is 12.8 Å². The van der Waals surface area contributed by atoms with Crippen molar-refractivity contribution in [2.24, 2.45) is 17.1 Å². The Hall–Kier alpha value is -0.570. The van der Waals surface area contributed by atoms with Crippen molar-refractivity contribution in [2.75, 3.05) is 0 Å². The highest BCUT2D eigenvalue weighted by molar-refractivity contribution is 5.76. The maximum Gasteiger partial charge on any atom is 0.310 e. The molecule has 1 aliphatic carbocycles. The van der Waals surface area contributed by atoms with Gasteiger partial charge in [0, 0.05) is 6.04 Å². The van der Waals surface area contributed by atoms with Crippen molar-refractivity contribution < 1.29 is 9.90 Å². The molecular formula is C10H19NO2. The Morgan fingerprint density at radius 2 is 2.23 bits per heavy atom. The maximum absolute atomic E-state index is 11.1. The summed E-state index contributed by atoms with van der Waals surface area (Å²) in [4.78, 5) is 11.1. The zero-order chi connectivity index (χ0) is 10.1. The number of aliphatic carboxylic acids is 1. The summed E-state index contributed by atoms with van der Waals surface area (Å²) < 4.78 is 0. The summed E-state index contributed by atoms with van der Waals surface area (Å²) in [6.45, 7) is 4.12. The number of carboxylic acids is 1. The van der Waals surface area contributed by atoms with Crippen LogP contribution in [0.4, 0.5) is 0 Å². The van der Waals surface area contributed by atoms with E-state index in [2.05, 4.69) is 6.92 Å². The molecule has 0 bridgehead atoms. The van der Waals surface area contributed by atoms with Gasteiger partial charge in [-0.2, -0.15) is 0 Å². The second-order valence-corrected chi connectivity index (χ2v) is 4.32. The van der Waals surface area contributed by atoms with Gasteiger partial charge < -0.3 is 10.8 Å². The predicted octanol–water partition coefficient (Wildman–Crippen LogP) is 1.61. The minimum atomic E-state index is -0.657. The SMILES string of the molecule is CCCC(C)C1(C(=O)O)CC(N)C1. The molecule has 0 saturated heterocycles. The lowest BCUT2D eigenvalue weighted by molar-refractivity contribution is -0.161. The second-order valence-electron chi connectivity index (χ2n) is 4.32. The van der Waals surface area contributed by atoms with Crippen molar-refractivity contribution in [3.05, 3.63) is 0 Å². The van der Waals surface area contributed by atoms with Gasteiger partial charge >= 0.3 is 5.97 Å². The van der Waals surface area contributed by atoms with E-state index in [-0.39, 0.29) is 12.0 Å². The van der Waals surface area contributed by atoms with Gasteiger partial charge in [0.1, 0.15) is 0 Å². The number of hydrogen-bond donors (Lipinski definition) is 2. The van der Waals surface area contributed by atoms with Crippen LogP contribution in [0.5, 0.6) is 0 Å². The molecule has 0 spiro atoms. The molecule has 1 fully saturated rings. The van der Waals surface area contributed by atoms with Gasteiger partial charge in [-0.1, -0.05) is 20.3 Å². The average molecular weight is 185 g/mol. The molecule has 3 nitrogen and oxygen atoms in total. The molecule has 0 aromatic carbocycles. The summed E-state index contributed by atoms with van der Waals surface area (Å²) in [6.07, 6.45) is 3.34. The van der Waals surface area contributed by atoms with Gasteiger partial charge in [0.25, 0.3) is 0 Å². The van der Waals surface area contributed by atoms with Crippen molar-refractivity contribution >= 4 is 5.97 Å². The predicted molar refractivity (Wildman–Crippen MR) is 51.4 cm³/mol. The van der Waals surface area contributed by atoms with Gasteiger partial charge in [-0.05, 0) is 25.2 Å². The van der Waals surface area contributed by atoms with Crippen LogP contribution in [-0.2, 0) is 4.79 Å². The standard InChI is InChI=1S/C10H19NO2/c1-3-4-7(2)10(9(12)13)5-8(11)6-10/h7-8H,3-6,11H2,1-2H3,(H,12,13). The lowest BCUT2D eigenvalue weighted by atomic mass is 9.58. The lowest BCUT2D eigenvalue weighted by Gasteiger charge is -2.46. The van der Waals surface area contributed by atoms with Crippen LogP contribution in [0.1, 0.15) is 39.5 Å². The minimum Gasteiger partial charge on any atom is -0.481 e. The minimum absolute atomic E-state index is 0.107. The molecule has 1 atom stereocenters. The molecule has 0 radical (unpaired) electrons. The van der Waals surface area contributed by atoms with E-state index in [9.17, 15) is 4.79 Å². The quantitative estimate of drug-likeness (QED) is 0.699. The number of carboxylic acid groups (broad SMARTS) is 1. The molecule has 76 valence electrons. The summed E-state index contributed by atoms with van der Waals surface area (Å²) in [5.41, 5.74) is 5.16. The highest BCUT2D eigenvalue weighted by Gasteiger charge is 2.52. The zero-order valence-electron chi connectivity index (χ0n) is 8.42. The van der Waals surface area contributed by atoms with E-state index >= 15 is 0 Å². The van der Waals surface area contributed by atoms with Gasteiger partial charge in [0.05, 0.1) is 5.41 Å². The summed E-state index contributed by atoms with van der Waals surface area (Å²) in [7, 11) is 0. The summed E-state index contributed by atoms with van der Waals surface area (Å²) in [6, 6.07) is 0.107. The summed E-state index contributed by atoms with van der Waals surface area (Å²) in [5.74, 6) is -0.398. The van der Waals surface area contributed by atoms with Crippen molar-refractivity contribution in [3.63, 3.8) is 0 Å². The zero-order valence-corrected chi connectivity index (χ0v) is 8.42. The normalized spacial score (nSPS) is 35.2. The van der Waals surface area contributed by atoms with Crippen molar-refractivity contribution in [1.29, 1.82) is 0 Å². The largest absolute Gasteiger partial charge is 0.481 e. The molecule has 1 unspecified atom stereocenters. The molecule has 3 heteroatoms. The van der Waals surface area contributed by atoms with Gasteiger partial charge in [-0.25, -0.2) is 0 Å². The summed E-state index contributed by atoms with van der Waals surface area (Å²) >= 11 is 0. The fourth-order valence-electron chi connectivity index (χ4n) is 2.37. The van der Waals surface area contributed by atoms with Crippen LogP contribution >= 0.6 is 0 Å². The van der Waals surface area contributed by atoms with Crippen LogP contribution in [0.25, 0.3) is 0 Å². The molecule has 1 rings (SSSR count). The highest BCUT2D eigenvalue weighted by atomic mass is 16.4. The molecule has 0 aromatic heterocycles. The molecule has 1 aliphatic rings. The van der Waals surface area contributed by atoms with E-state index in [1.165, 1.54) is 0 Å². The molecule has 13 heavy (non-hydrogen) atoms. The van der Waals surface area contributed by atoms with Crippen LogP contribution in [0.3, 0.4) is 0 Å². The van der Waals surface area contributed by atoms with Gasteiger partial charge in [0.15, 0.2) is 0 Å². The Morgan fingerprint density at radius 3 is 2.54 bits per heavy atom. The lowest BCUT2D eigenvalue weighted by Crippen LogP contribution is -2.54. The fourth-order valence-corrected chi connectivity index (χ4v) is 2.37. The monoisotopic (exact) mass is 185 g/mol. The number of hydrogen-bond acceptors (Lipinski definition) is 2. The molecule has 0 aromatic rings.